The number of benzene rings is 1. The van der Waals surface area contributed by atoms with Crippen LogP contribution in [0.2, 0.25) is 0 Å². The number of nitrogen functional groups attached to an aromatic ring is 1. The molecule has 0 bridgehead atoms. The van der Waals surface area contributed by atoms with Gasteiger partial charge >= 0.3 is 5.97 Å². The molecule has 4 nitrogen and oxygen atoms in total. The van der Waals surface area contributed by atoms with Crippen LogP contribution < -0.4 is 10.5 Å². The summed E-state index contributed by atoms with van der Waals surface area (Å²) in [5, 5.41) is 0. The minimum Gasteiger partial charge on any atom is -0.490 e. The Kier molecular flexibility index (Phi) is 4.04. The van der Waals surface area contributed by atoms with Crippen LogP contribution in [-0.4, -0.2) is 19.7 Å². The SMILES string of the molecule is COC(=O)CCOc1cc(F)c(N)cc1F. The highest BCUT2D eigenvalue weighted by atomic mass is 19.1. The zero-order chi connectivity index (χ0) is 12.1. The van der Waals surface area contributed by atoms with Crippen molar-refractivity contribution in [3.05, 3.63) is 23.8 Å². The molecule has 6 heteroatoms. The van der Waals surface area contributed by atoms with E-state index < -0.39 is 17.6 Å². The molecule has 0 aliphatic carbocycles. The zero-order valence-electron chi connectivity index (χ0n) is 8.63. The number of methoxy groups -OCH3 is 1. The number of carbonyl (C=O) groups is 1. The zero-order valence-corrected chi connectivity index (χ0v) is 8.63. The largest absolute Gasteiger partial charge is 0.490 e. The molecule has 0 amide bonds. The second kappa shape index (κ2) is 5.29. The predicted molar refractivity (Wildman–Crippen MR) is 52.9 cm³/mol. The van der Waals surface area contributed by atoms with Crippen molar-refractivity contribution in [2.24, 2.45) is 0 Å². The number of ether oxygens (including phenoxy) is 2. The molecule has 0 fully saturated rings. The minimum absolute atomic E-state index is 0.0397. The van der Waals surface area contributed by atoms with Crippen molar-refractivity contribution in [3.8, 4) is 5.75 Å². The lowest BCUT2D eigenvalue weighted by Crippen LogP contribution is -2.08. The molecule has 0 aliphatic heterocycles. The van der Waals surface area contributed by atoms with Gasteiger partial charge in [-0.3, -0.25) is 4.79 Å². The lowest BCUT2D eigenvalue weighted by Gasteiger charge is -2.07. The molecule has 0 aliphatic rings. The highest BCUT2D eigenvalue weighted by molar-refractivity contribution is 5.69. The first kappa shape index (κ1) is 12.2. The van der Waals surface area contributed by atoms with Crippen LogP contribution in [0.25, 0.3) is 0 Å². The van der Waals surface area contributed by atoms with E-state index in [2.05, 4.69) is 4.74 Å². The van der Waals surface area contributed by atoms with Gasteiger partial charge in [-0.05, 0) is 0 Å². The molecule has 16 heavy (non-hydrogen) atoms. The van der Waals surface area contributed by atoms with Gasteiger partial charge in [0, 0.05) is 12.1 Å². The third-order valence-electron chi connectivity index (χ3n) is 1.84. The van der Waals surface area contributed by atoms with Crippen molar-refractivity contribution < 1.29 is 23.0 Å². The summed E-state index contributed by atoms with van der Waals surface area (Å²) in [7, 11) is 1.23. The molecule has 0 heterocycles. The van der Waals surface area contributed by atoms with Crippen LogP contribution in [0.4, 0.5) is 14.5 Å². The number of nitrogens with two attached hydrogens (primary N) is 1. The monoisotopic (exact) mass is 231 g/mol. The topological polar surface area (TPSA) is 61.5 Å². The lowest BCUT2D eigenvalue weighted by molar-refractivity contribution is -0.141. The minimum atomic E-state index is -0.774. The van der Waals surface area contributed by atoms with Crippen LogP contribution in [0.3, 0.4) is 0 Å². The Balaban J connectivity index is 2.60. The third kappa shape index (κ3) is 3.08. The van der Waals surface area contributed by atoms with Crippen molar-refractivity contribution >= 4 is 11.7 Å². The summed E-state index contributed by atoms with van der Waals surface area (Å²) in [5.74, 6) is -2.31. The highest BCUT2D eigenvalue weighted by Gasteiger charge is 2.09. The number of rotatable bonds is 4. The maximum absolute atomic E-state index is 13.1. The van der Waals surface area contributed by atoms with E-state index in [0.717, 1.165) is 12.1 Å². The average Bonchev–Trinajstić information content (AvgIpc) is 2.25. The third-order valence-corrected chi connectivity index (χ3v) is 1.84. The molecule has 0 aromatic heterocycles. The first-order valence-corrected chi connectivity index (χ1v) is 4.48. The number of hydrogen-bond donors (Lipinski definition) is 1. The van der Waals surface area contributed by atoms with E-state index in [9.17, 15) is 13.6 Å². The number of esters is 1. The predicted octanol–water partition coefficient (Wildman–Crippen LogP) is 1.49. The van der Waals surface area contributed by atoms with Gasteiger partial charge in [-0.15, -0.1) is 0 Å². The van der Waals surface area contributed by atoms with Gasteiger partial charge in [0.2, 0.25) is 0 Å². The summed E-state index contributed by atoms with van der Waals surface area (Å²) in [6, 6.07) is 1.66. The Morgan fingerprint density at radius 1 is 1.38 bits per heavy atom. The summed E-state index contributed by atoms with van der Waals surface area (Å²) in [6.45, 7) is -0.0903. The summed E-state index contributed by atoms with van der Waals surface area (Å²) in [6.07, 6.45) is -0.0397. The summed E-state index contributed by atoms with van der Waals surface area (Å²) >= 11 is 0. The molecular formula is C10H11F2NO3. The fraction of sp³-hybridized carbons (Fsp3) is 0.300. The molecule has 0 atom stereocenters. The van der Waals surface area contributed by atoms with Crippen molar-refractivity contribution in [2.75, 3.05) is 19.5 Å². The van der Waals surface area contributed by atoms with Crippen LogP contribution in [0.1, 0.15) is 6.42 Å². The summed E-state index contributed by atoms with van der Waals surface area (Å²) in [4.78, 5) is 10.7. The first-order valence-electron chi connectivity index (χ1n) is 4.48. The maximum Gasteiger partial charge on any atom is 0.308 e. The van der Waals surface area contributed by atoms with Crippen LogP contribution in [-0.2, 0) is 9.53 Å². The van der Waals surface area contributed by atoms with E-state index in [4.69, 9.17) is 10.5 Å². The lowest BCUT2D eigenvalue weighted by atomic mass is 10.3. The quantitative estimate of drug-likeness (QED) is 0.630. The second-order valence-corrected chi connectivity index (χ2v) is 2.98. The van der Waals surface area contributed by atoms with Gasteiger partial charge in [0.1, 0.15) is 5.82 Å². The van der Waals surface area contributed by atoms with Gasteiger partial charge < -0.3 is 15.2 Å². The molecule has 1 rings (SSSR count). The van der Waals surface area contributed by atoms with E-state index in [1.54, 1.807) is 0 Å². The summed E-state index contributed by atoms with van der Waals surface area (Å²) < 4.78 is 35.3. The van der Waals surface area contributed by atoms with E-state index in [1.807, 2.05) is 0 Å². The van der Waals surface area contributed by atoms with E-state index in [1.165, 1.54) is 7.11 Å². The Bertz CT molecular complexity index is 396. The van der Waals surface area contributed by atoms with Crippen LogP contribution >= 0.6 is 0 Å². The number of hydrogen-bond acceptors (Lipinski definition) is 4. The highest BCUT2D eigenvalue weighted by Crippen LogP contribution is 2.22. The molecule has 2 N–H and O–H groups in total. The maximum atomic E-state index is 13.1. The number of carbonyl (C=O) groups excluding carboxylic acids is 1. The van der Waals surface area contributed by atoms with Crippen molar-refractivity contribution in [1.29, 1.82) is 0 Å². The van der Waals surface area contributed by atoms with Gasteiger partial charge in [-0.2, -0.15) is 0 Å². The Hall–Kier alpha value is -1.85. The number of anilines is 1. The number of halogens is 2. The van der Waals surface area contributed by atoms with Gasteiger partial charge in [0.05, 0.1) is 25.8 Å². The van der Waals surface area contributed by atoms with Gasteiger partial charge in [0.15, 0.2) is 11.6 Å². The fourth-order valence-corrected chi connectivity index (χ4v) is 1.00. The summed E-state index contributed by atoms with van der Waals surface area (Å²) in [5.41, 5.74) is 4.85. The normalized spacial score (nSPS) is 9.94. The van der Waals surface area contributed by atoms with E-state index in [0.29, 0.717) is 0 Å². The van der Waals surface area contributed by atoms with Crippen LogP contribution in [0.5, 0.6) is 5.75 Å². The van der Waals surface area contributed by atoms with Crippen molar-refractivity contribution in [2.45, 2.75) is 6.42 Å². The Morgan fingerprint density at radius 3 is 2.69 bits per heavy atom. The molecule has 88 valence electrons. The average molecular weight is 231 g/mol. The second-order valence-electron chi connectivity index (χ2n) is 2.98. The van der Waals surface area contributed by atoms with Gasteiger partial charge in [0.25, 0.3) is 0 Å². The van der Waals surface area contributed by atoms with Crippen LogP contribution in [0, 0.1) is 11.6 Å². The van der Waals surface area contributed by atoms with Gasteiger partial charge in [-0.25, -0.2) is 8.78 Å². The molecule has 1 aromatic rings. The van der Waals surface area contributed by atoms with Crippen LogP contribution in [0.15, 0.2) is 12.1 Å². The smallest absolute Gasteiger partial charge is 0.308 e. The van der Waals surface area contributed by atoms with E-state index >= 15 is 0 Å². The Labute approximate surface area is 91.0 Å². The van der Waals surface area contributed by atoms with E-state index in [-0.39, 0.29) is 24.5 Å². The molecule has 1 aromatic carbocycles. The molecule has 0 spiro atoms. The molecule has 0 saturated carbocycles. The molecule has 0 saturated heterocycles. The standard InChI is InChI=1S/C10H11F2NO3/c1-15-10(14)2-3-16-9-5-6(11)8(13)4-7(9)12/h4-5H,2-3,13H2,1H3. The van der Waals surface area contributed by atoms with Gasteiger partial charge in [-0.1, -0.05) is 0 Å². The first-order chi connectivity index (χ1) is 7.54. The molecular weight excluding hydrogens is 220 g/mol. The molecule has 0 radical (unpaired) electrons. The molecule has 0 unspecified atom stereocenters. The Morgan fingerprint density at radius 2 is 2.06 bits per heavy atom. The van der Waals surface area contributed by atoms with Crippen molar-refractivity contribution in [3.63, 3.8) is 0 Å². The van der Waals surface area contributed by atoms with Crippen molar-refractivity contribution in [1.82, 2.24) is 0 Å². The fourth-order valence-electron chi connectivity index (χ4n) is 1.00.